The topological polar surface area (TPSA) is 67.6 Å². The fourth-order valence-corrected chi connectivity index (χ4v) is 3.33. The zero-order valence-electron chi connectivity index (χ0n) is 15.6. The van der Waals surface area contributed by atoms with Crippen molar-refractivity contribution in [3.8, 4) is 5.75 Å². The number of nitrogens with one attached hydrogen (secondary N) is 1. The Morgan fingerprint density at radius 1 is 1.26 bits per heavy atom. The Bertz CT molecular complexity index is 771. The second kappa shape index (κ2) is 10.3. The molecule has 0 aliphatic carbocycles. The third-order valence-corrected chi connectivity index (χ3v) is 4.77. The molecule has 148 valence electrons. The van der Waals surface area contributed by atoms with Crippen LogP contribution in [0.2, 0.25) is 0 Å². The van der Waals surface area contributed by atoms with Crippen molar-refractivity contribution in [2.45, 2.75) is 13.3 Å². The van der Waals surface area contributed by atoms with Gasteiger partial charge in [-0.3, -0.25) is 4.79 Å². The molecule has 1 atom stereocenters. The van der Waals surface area contributed by atoms with Gasteiger partial charge in [-0.25, -0.2) is 0 Å². The molecule has 0 saturated carbocycles. The van der Waals surface area contributed by atoms with Crippen LogP contribution in [0.25, 0.3) is 0 Å². The summed E-state index contributed by atoms with van der Waals surface area (Å²) in [6.45, 7) is 4.47. The Hall–Kier alpha value is -2.11. The number of hydrogen-bond donors (Lipinski definition) is 2. The summed E-state index contributed by atoms with van der Waals surface area (Å²) >= 11 is 0. The van der Waals surface area contributed by atoms with Gasteiger partial charge in [0.1, 0.15) is 5.75 Å². The minimum absolute atomic E-state index is 0. The van der Waals surface area contributed by atoms with Gasteiger partial charge in [-0.05, 0) is 49.1 Å². The van der Waals surface area contributed by atoms with Crippen LogP contribution in [-0.2, 0) is 0 Å². The lowest BCUT2D eigenvalue weighted by molar-refractivity contribution is 0.0947. The molecule has 3 rings (SSSR count). The molecule has 2 aromatic rings. The number of nitrogens with zero attached hydrogens (tertiary/aromatic N) is 1. The van der Waals surface area contributed by atoms with Gasteiger partial charge in [0.15, 0.2) is 0 Å². The minimum Gasteiger partial charge on any atom is -0.495 e. The molecule has 5 nitrogen and oxygen atoms in total. The second-order valence-electron chi connectivity index (χ2n) is 6.56. The van der Waals surface area contributed by atoms with Crippen LogP contribution in [0.5, 0.6) is 5.75 Å². The fourth-order valence-electron chi connectivity index (χ4n) is 3.33. The highest BCUT2D eigenvalue weighted by Gasteiger charge is 2.25. The quantitative estimate of drug-likeness (QED) is 0.736. The van der Waals surface area contributed by atoms with Crippen LogP contribution < -0.4 is 20.7 Å². The minimum atomic E-state index is -0.0551. The first-order valence-corrected chi connectivity index (χ1v) is 8.60. The van der Waals surface area contributed by atoms with Crippen molar-refractivity contribution in [3.05, 3.63) is 53.6 Å². The van der Waals surface area contributed by atoms with Crippen molar-refractivity contribution >= 4 is 42.1 Å². The molecule has 7 heteroatoms. The van der Waals surface area contributed by atoms with E-state index in [2.05, 4.69) is 16.3 Å². The molecule has 0 bridgehead atoms. The van der Waals surface area contributed by atoms with E-state index in [1.807, 2.05) is 37.3 Å². The van der Waals surface area contributed by atoms with E-state index >= 15 is 0 Å². The Kier molecular flexibility index (Phi) is 8.73. The largest absolute Gasteiger partial charge is 0.495 e. The van der Waals surface area contributed by atoms with Gasteiger partial charge in [-0.2, -0.15) is 0 Å². The zero-order chi connectivity index (χ0) is 17.8. The van der Waals surface area contributed by atoms with Crippen LogP contribution in [0.4, 0.5) is 11.4 Å². The van der Waals surface area contributed by atoms with E-state index in [0.29, 0.717) is 23.7 Å². The molecule has 0 spiro atoms. The molecule has 1 amide bonds. The Labute approximate surface area is 173 Å². The molecule has 3 N–H and O–H groups in total. The lowest BCUT2D eigenvalue weighted by Gasteiger charge is -2.21. The van der Waals surface area contributed by atoms with Crippen molar-refractivity contribution < 1.29 is 9.53 Å². The Morgan fingerprint density at radius 3 is 2.74 bits per heavy atom. The standard InChI is InChI=1S/C20H25N3O2.2ClH/c1-14-7-8-16(21)11-17(14)20(24)22-12-15-9-10-23(13-15)18-5-3-4-6-19(18)25-2;;/h3-8,11,15H,9-10,12-13,21H2,1-2H3,(H,22,24);2*1H. The third kappa shape index (κ3) is 5.44. The smallest absolute Gasteiger partial charge is 0.251 e. The highest BCUT2D eigenvalue weighted by Crippen LogP contribution is 2.31. The maximum absolute atomic E-state index is 12.4. The van der Waals surface area contributed by atoms with E-state index in [9.17, 15) is 4.79 Å². The molecule has 1 fully saturated rings. The average Bonchev–Trinajstić information content (AvgIpc) is 3.10. The van der Waals surface area contributed by atoms with Gasteiger partial charge in [0, 0.05) is 30.9 Å². The Morgan fingerprint density at radius 2 is 2.00 bits per heavy atom. The first-order valence-electron chi connectivity index (χ1n) is 8.60. The Balaban J connectivity index is 0.00000182. The van der Waals surface area contributed by atoms with Crippen LogP contribution in [0.15, 0.2) is 42.5 Å². The molecule has 1 aliphatic rings. The van der Waals surface area contributed by atoms with Gasteiger partial charge in [-0.15, -0.1) is 24.8 Å². The number of anilines is 2. The number of amides is 1. The van der Waals surface area contributed by atoms with Gasteiger partial charge in [0.2, 0.25) is 0 Å². The number of nitrogens with two attached hydrogens (primary N) is 1. The fraction of sp³-hybridized carbons (Fsp3) is 0.350. The number of hydrogen-bond acceptors (Lipinski definition) is 4. The van der Waals surface area contributed by atoms with Gasteiger partial charge in [0.05, 0.1) is 12.8 Å². The summed E-state index contributed by atoms with van der Waals surface area (Å²) in [7, 11) is 1.69. The van der Waals surface area contributed by atoms with Crippen LogP contribution in [0.3, 0.4) is 0 Å². The van der Waals surface area contributed by atoms with E-state index < -0.39 is 0 Å². The highest BCUT2D eigenvalue weighted by atomic mass is 35.5. The maximum Gasteiger partial charge on any atom is 0.251 e. The molecule has 1 aliphatic heterocycles. The van der Waals surface area contributed by atoms with Crippen LogP contribution in [0, 0.1) is 12.8 Å². The van der Waals surface area contributed by atoms with Crippen molar-refractivity contribution in [1.29, 1.82) is 0 Å². The van der Waals surface area contributed by atoms with E-state index in [1.165, 1.54) is 0 Å². The highest BCUT2D eigenvalue weighted by molar-refractivity contribution is 5.96. The predicted molar refractivity (Wildman–Crippen MR) is 116 cm³/mol. The van der Waals surface area contributed by atoms with E-state index in [1.54, 1.807) is 13.2 Å². The summed E-state index contributed by atoms with van der Waals surface area (Å²) in [5, 5.41) is 3.06. The van der Waals surface area contributed by atoms with E-state index in [0.717, 1.165) is 36.5 Å². The second-order valence-corrected chi connectivity index (χ2v) is 6.56. The van der Waals surface area contributed by atoms with Crippen molar-refractivity contribution in [2.75, 3.05) is 37.4 Å². The molecular weight excluding hydrogens is 385 g/mol. The third-order valence-electron chi connectivity index (χ3n) is 4.77. The number of aryl methyl sites for hydroxylation is 1. The predicted octanol–water partition coefficient (Wildman–Crippen LogP) is 3.69. The summed E-state index contributed by atoms with van der Waals surface area (Å²) in [6, 6.07) is 13.5. The summed E-state index contributed by atoms with van der Waals surface area (Å²) in [5.74, 6) is 1.26. The first kappa shape index (κ1) is 22.9. The number of halogens is 2. The van der Waals surface area contributed by atoms with Crippen LogP contribution in [-0.4, -0.2) is 32.7 Å². The first-order chi connectivity index (χ1) is 12.1. The number of carbonyl (C=O) groups is 1. The zero-order valence-corrected chi connectivity index (χ0v) is 17.2. The van der Waals surface area contributed by atoms with Gasteiger partial charge >= 0.3 is 0 Å². The van der Waals surface area contributed by atoms with Crippen molar-refractivity contribution in [2.24, 2.45) is 5.92 Å². The molecule has 1 unspecified atom stereocenters. The van der Waals surface area contributed by atoms with Gasteiger partial charge in [0.25, 0.3) is 5.91 Å². The number of ether oxygens (including phenoxy) is 1. The summed E-state index contributed by atoms with van der Waals surface area (Å²) in [6.07, 6.45) is 1.05. The number of nitrogen functional groups attached to an aromatic ring is 1. The maximum atomic E-state index is 12.4. The van der Waals surface area contributed by atoms with Crippen molar-refractivity contribution in [1.82, 2.24) is 5.32 Å². The number of rotatable bonds is 5. The van der Waals surface area contributed by atoms with Crippen LogP contribution >= 0.6 is 24.8 Å². The summed E-state index contributed by atoms with van der Waals surface area (Å²) in [5.41, 5.74) is 9.11. The molecule has 27 heavy (non-hydrogen) atoms. The number of carbonyl (C=O) groups excluding carboxylic acids is 1. The normalized spacial score (nSPS) is 15.5. The number of methoxy groups -OCH3 is 1. The molecular formula is C20H27Cl2N3O2. The van der Waals surface area contributed by atoms with Crippen molar-refractivity contribution in [3.63, 3.8) is 0 Å². The van der Waals surface area contributed by atoms with Crippen LogP contribution in [0.1, 0.15) is 22.3 Å². The van der Waals surface area contributed by atoms with E-state index in [4.69, 9.17) is 10.5 Å². The molecule has 2 aromatic carbocycles. The lowest BCUT2D eigenvalue weighted by atomic mass is 10.1. The SMILES string of the molecule is COc1ccccc1N1CCC(CNC(=O)c2cc(N)ccc2C)C1.Cl.Cl. The summed E-state index contributed by atoms with van der Waals surface area (Å²) < 4.78 is 5.45. The monoisotopic (exact) mass is 411 g/mol. The number of benzene rings is 2. The molecule has 1 heterocycles. The molecule has 0 aromatic heterocycles. The molecule has 1 saturated heterocycles. The summed E-state index contributed by atoms with van der Waals surface area (Å²) in [4.78, 5) is 14.7. The average molecular weight is 412 g/mol. The van der Waals surface area contributed by atoms with E-state index in [-0.39, 0.29) is 30.7 Å². The lowest BCUT2D eigenvalue weighted by Crippen LogP contribution is -2.31. The number of para-hydroxylation sites is 2. The van der Waals surface area contributed by atoms with Gasteiger partial charge < -0.3 is 20.7 Å². The van der Waals surface area contributed by atoms with Gasteiger partial charge in [-0.1, -0.05) is 18.2 Å². The molecule has 0 radical (unpaired) electrons.